The van der Waals surface area contributed by atoms with E-state index in [1.807, 2.05) is 27.7 Å². The molecule has 0 saturated heterocycles. The van der Waals surface area contributed by atoms with Gasteiger partial charge >= 0.3 is 0 Å². The van der Waals surface area contributed by atoms with Crippen LogP contribution in [0.4, 0.5) is 22.0 Å². The van der Waals surface area contributed by atoms with Crippen molar-refractivity contribution in [3.05, 3.63) is 110 Å². The second-order valence-corrected chi connectivity index (χ2v) is 8.54. The summed E-state index contributed by atoms with van der Waals surface area (Å²) in [6, 6.07) is 7.18. The molecule has 3 aromatic carbocycles. The quantitative estimate of drug-likeness (QED) is 0.100. The van der Waals surface area contributed by atoms with Crippen molar-refractivity contribution in [2.24, 2.45) is 0 Å². The standard InChI is InChI=1S/C10H8ClFO2.C10H8F2O2.C9H5BrF2O.2C2H6/c1-14-10-8(11)5-4-7(9(10)12)3-2-6-13;1-14-10-8(11)5-7(3-2-4-13)6-9(10)12;10-7-4-6(2-1-3-13)8(11)5-9(7)12;2*1-2/h2*2-6H,1H3;1-5H;2*1-2H3/b2*3-2+;2-1+;;. The molecule has 244 valence electrons. The van der Waals surface area contributed by atoms with E-state index in [4.69, 9.17) is 16.3 Å². The van der Waals surface area contributed by atoms with Gasteiger partial charge in [-0.25, -0.2) is 22.0 Å². The molecule has 0 spiro atoms. The van der Waals surface area contributed by atoms with Crippen LogP contribution in [0.1, 0.15) is 44.4 Å². The van der Waals surface area contributed by atoms with Gasteiger partial charge in [0.05, 0.1) is 23.7 Å². The van der Waals surface area contributed by atoms with E-state index in [0.29, 0.717) is 18.9 Å². The number of carbonyl (C=O) groups excluding carboxylic acids is 3. The first-order valence-corrected chi connectivity index (χ1v) is 14.3. The average Bonchev–Trinajstić information content (AvgIpc) is 3.03. The van der Waals surface area contributed by atoms with Crippen LogP contribution in [0, 0.1) is 29.1 Å². The average molecular weight is 720 g/mol. The van der Waals surface area contributed by atoms with Gasteiger partial charge in [0.25, 0.3) is 0 Å². The zero-order valence-electron chi connectivity index (χ0n) is 25.3. The molecule has 0 aliphatic rings. The molecule has 0 N–H and O–H groups in total. The Balaban J connectivity index is 0. The van der Waals surface area contributed by atoms with Crippen molar-refractivity contribution in [3.63, 3.8) is 0 Å². The molecule has 12 heteroatoms. The molecule has 0 fully saturated rings. The lowest BCUT2D eigenvalue weighted by atomic mass is 10.2. The van der Waals surface area contributed by atoms with Crippen molar-refractivity contribution in [1.29, 1.82) is 0 Å². The van der Waals surface area contributed by atoms with Gasteiger partial charge in [-0.15, -0.1) is 0 Å². The van der Waals surface area contributed by atoms with Crippen molar-refractivity contribution in [1.82, 2.24) is 0 Å². The van der Waals surface area contributed by atoms with Crippen molar-refractivity contribution >= 4 is 64.6 Å². The molecule has 5 nitrogen and oxygen atoms in total. The second-order valence-electron chi connectivity index (χ2n) is 7.28. The van der Waals surface area contributed by atoms with Gasteiger partial charge in [-0.05, 0) is 76.1 Å². The van der Waals surface area contributed by atoms with E-state index >= 15 is 0 Å². The summed E-state index contributed by atoms with van der Waals surface area (Å²) in [5, 5.41) is 0.202. The molecule has 0 heterocycles. The van der Waals surface area contributed by atoms with Crippen molar-refractivity contribution < 1.29 is 45.8 Å². The lowest BCUT2D eigenvalue weighted by molar-refractivity contribution is -0.104. The monoisotopic (exact) mass is 718 g/mol. The fraction of sp³-hybridized carbons (Fsp3) is 0.182. The van der Waals surface area contributed by atoms with Gasteiger partial charge in [-0.3, -0.25) is 14.4 Å². The van der Waals surface area contributed by atoms with Crippen LogP contribution in [0.15, 0.2) is 59.1 Å². The van der Waals surface area contributed by atoms with Crippen LogP contribution in [0.25, 0.3) is 18.2 Å². The molecule has 45 heavy (non-hydrogen) atoms. The van der Waals surface area contributed by atoms with Gasteiger partial charge in [0.15, 0.2) is 29.0 Å². The summed E-state index contributed by atoms with van der Waals surface area (Å²) in [6.45, 7) is 8.00. The summed E-state index contributed by atoms with van der Waals surface area (Å²) < 4.78 is 74.6. The van der Waals surface area contributed by atoms with Crippen molar-refractivity contribution in [3.8, 4) is 11.5 Å². The minimum Gasteiger partial charge on any atom is -0.492 e. The van der Waals surface area contributed by atoms with Gasteiger partial charge in [0.1, 0.15) is 30.5 Å². The lowest BCUT2D eigenvalue weighted by Crippen LogP contribution is -1.93. The van der Waals surface area contributed by atoms with Crippen molar-refractivity contribution in [2.45, 2.75) is 27.7 Å². The maximum absolute atomic E-state index is 13.5. The summed E-state index contributed by atoms with van der Waals surface area (Å²) in [5.74, 6) is -3.96. The first kappa shape index (κ1) is 43.0. The number of hydrogen-bond acceptors (Lipinski definition) is 5. The summed E-state index contributed by atoms with van der Waals surface area (Å²) >= 11 is 8.59. The van der Waals surface area contributed by atoms with E-state index < -0.39 is 34.8 Å². The number of halogens is 7. The largest absolute Gasteiger partial charge is 0.492 e. The molecule has 0 amide bonds. The van der Waals surface area contributed by atoms with Crippen LogP contribution in [-0.4, -0.2) is 33.1 Å². The molecule has 0 aromatic heterocycles. The number of aldehydes is 3. The SMILES string of the molecule is CC.CC.COc1c(Cl)ccc(/C=C/C=O)c1F.COc1c(F)cc(/C=C/C=O)cc1F.O=C/C=C/c1cc(Br)c(F)cc1F. The van der Waals surface area contributed by atoms with Crippen LogP contribution >= 0.6 is 27.5 Å². The Morgan fingerprint density at radius 3 is 1.56 bits per heavy atom. The van der Waals surface area contributed by atoms with Gasteiger partial charge in [0, 0.05) is 17.2 Å². The van der Waals surface area contributed by atoms with E-state index in [1.54, 1.807) is 0 Å². The fourth-order valence-corrected chi connectivity index (χ4v) is 3.42. The van der Waals surface area contributed by atoms with E-state index in [1.165, 1.54) is 56.7 Å². The molecule has 0 atom stereocenters. The normalized spacial score (nSPS) is 9.89. The molecular formula is C33H33BrClF5O5. The Hall–Kier alpha value is -4.09. The Morgan fingerprint density at radius 2 is 1.09 bits per heavy atom. The van der Waals surface area contributed by atoms with Gasteiger partial charge in [-0.2, -0.15) is 0 Å². The third-order valence-electron chi connectivity index (χ3n) is 4.62. The zero-order chi connectivity index (χ0) is 34.9. The molecule has 0 unspecified atom stereocenters. The highest BCUT2D eigenvalue weighted by Gasteiger charge is 2.11. The van der Waals surface area contributed by atoms with Gasteiger partial charge in [0.2, 0.25) is 0 Å². The molecule has 3 aromatic rings. The predicted molar refractivity (Wildman–Crippen MR) is 173 cm³/mol. The lowest BCUT2D eigenvalue weighted by Gasteiger charge is -2.05. The Kier molecular flexibility index (Phi) is 24.2. The highest BCUT2D eigenvalue weighted by atomic mass is 79.9. The summed E-state index contributed by atoms with van der Waals surface area (Å²) in [7, 11) is 2.51. The minimum absolute atomic E-state index is 0.0142. The van der Waals surface area contributed by atoms with E-state index in [9.17, 15) is 36.3 Å². The number of hydrogen-bond donors (Lipinski definition) is 0. The number of benzene rings is 3. The van der Waals surface area contributed by atoms with Crippen LogP contribution < -0.4 is 9.47 Å². The maximum atomic E-state index is 13.5. The zero-order valence-corrected chi connectivity index (χ0v) is 27.7. The van der Waals surface area contributed by atoms with E-state index in [2.05, 4.69) is 20.7 Å². The van der Waals surface area contributed by atoms with Crippen LogP contribution in [-0.2, 0) is 14.4 Å². The topological polar surface area (TPSA) is 69.7 Å². The van der Waals surface area contributed by atoms with Gasteiger partial charge < -0.3 is 9.47 Å². The van der Waals surface area contributed by atoms with E-state index in [0.717, 1.165) is 30.4 Å². The summed E-state index contributed by atoms with van der Waals surface area (Å²) in [4.78, 5) is 30.0. The van der Waals surface area contributed by atoms with Gasteiger partial charge in [-0.1, -0.05) is 51.4 Å². The third-order valence-corrected chi connectivity index (χ3v) is 5.53. The summed E-state index contributed by atoms with van der Waals surface area (Å²) in [5.41, 5.74) is 0.701. The van der Waals surface area contributed by atoms with Crippen LogP contribution in [0.5, 0.6) is 11.5 Å². The number of ether oxygens (including phenoxy) is 2. The molecular weight excluding hydrogens is 687 g/mol. The number of allylic oxidation sites excluding steroid dienone is 3. The minimum atomic E-state index is -0.793. The smallest absolute Gasteiger partial charge is 0.190 e. The molecule has 0 saturated carbocycles. The molecule has 0 aliphatic carbocycles. The second kappa shape index (κ2) is 25.3. The van der Waals surface area contributed by atoms with Crippen molar-refractivity contribution in [2.75, 3.05) is 14.2 Å². The predicted octanol–water partition coefficient (Wildman–Crippen LogP) is 9.88. The fourth-order valence-electron chi connectivity index (χ4n) is 2.84. The molecule has 0 aliphatic heterocycles. The highest BCUT2D eigenvalue weighted by Crippen LogP contribution is 2.30. The number of methoxy groups -OCH3 is 2. The molecule has 0 radical (unpaired) electrons. The number of rotatable bonds is 8. The molecule has 0 bridgehead atoms. The van der Waals surface area contributed by atoms with Crippen LogP contribution in [0.2, 0.25) is 5.02 Å². The summed E-state index contributed by atoms with van der Waals surface area (Å²) in [6.07, 6.45) is 9.04. The Labute approximate surface area is 273 Å². The van der Waals surface area contributed by atoms with E-state index in [-0.39, 0.29) is 31.9 Å². The first-order valence-electron chi connectivity index (χ1n) is 13.1. The Bertz CT molecular complexity index is 1440. The van der Waals surface area contributed by atoms with Crippen LogP contribution in [0.3, 0.4) is 0 Å². The molecule has 3 rings (SSSR count). The highest BCUT2D eigenvalue weighted by molar-refractivity contribution is 9.10. The third kappa shape index (κ3) is 15.5. The maximum Gasteiger partial charge on any atom is 0.190 e. The Morgan fingerprint density at radius 1 is 0.622 bits per heavy atom. The number of carbonyl (C=O) groups is 3. The first-order chi connectivity index (χ1) is 21.5.